The number of hydrogen-bond acceptors (Lipinski definition) is 5. The highest BCUT2D eigenvalue weighted by Gasteiger charge is 2.27. The minimum atomic E-state index is 0.0383. The zero-order chi connectivity index (χ0) is 20.8. The molecule has 2 aliphatic rings. The van der Waals surface area contributed by atoms with Crippen molar-refractivity contribution in [1.29, 1.82) is 0 Å². The number of morpholine rings is 1. The summed E-state index contributed by atoms with van der Waals surface area (Å²) < 4.78 is 10.7. The van der Waals surface area contributed by atoms with Crippen LogP contribution in [0.15, 0.2) is 48.5 Å². The number of rotatable bonds is 7. The van der Waals surface area contributed by atoms with Gasteiger partial charge in [-0.2, -0.15) is 0 Å². The van der Waals surface area contributed by atoms with Gasteiger partial charge in [-0.05, 0) is 54.8 Å². The summed E-state index contributed by atoms with van der Waals surface area (Å²) in [5.41, 5.74) is 3.36. The lowest BCUT2D eigenvalue weighted by molar-refractivity contribution is -0.117. The maximum atomic E-state index is 12.7. The Bertz CT molecular complexity index is 817. The smallest absolute Gasteiger partial charge is 0.238 e. The van der Waals surface area contributed by atoms with Crippen molar-refractivity contribution < 1.29 is 14.3 Å². The molecule has 30 heavy (non-hydrogen) atoms. The van der Waals surface area contributed by atoms with Gasteiger partial charge in [-0.1, -0.05) is 24.3 Å². The molecule has 2 heterocycles. The quantitative estimate of drug-likeness (QED) is 0.761. The van der Waals surface area contributed by atoms with Crippen LogP contribution in [0.5, 0.6) is 5.75 Å². The molecule has 2 aliphatic heterocycles. The number of nitrogens with one attached hydrogen (secondary N) is 1. The number of ether oxygens (including phenoxy) is 2. The van der Waals surface area contributed by atoms with Gasteiger partial charge in [-0.25, -0.2) is 0 Å². The molecule has 6 heteroatoms. The number of hydrogen-bond donors (Lipinski definition) is 1. The molecule has 0 aromatic heterocycles. The van der Waals surface area contributed by atoms with Crippen LogP contribution in [-0.4, -0.2) is 62.2 Å². The van der Waals surface area contributed by atoms with Gasteiger partial charge in [0.05, 0.1) is 26.9 Å². The highest BCUT2D eigenvalue weighted by molar-refractivity contribution is 5.92. The van der Waals surface area contributed by atoms with Gasteiger partial charge >= 0.3 is 0 Å². The Balaban J connectivity index is 1.30. The van der Waals surface area contributed by atoms with E-state index in [2.05, 4.69) is 39.4 Å². The minimum Gasteiger partial charge on any atom is -0.497 e. The Morgan fingerprint density at radius 3 is 2.50 bits per heavy atom. The number of carbonyl (C=O) groups is 1. The maximum absolute atomic E-state index is 12.7. The van der Waals surface area contributed by atoms with E-state index in [4.69, 9.17) is 9.47 Å². The van der Waals surface area contributed by atoms with Crippen molar-refractivity contribution in [1.82, 2.24) is 9.80 Å². The molecule has 1 atom stereocenters. The Hall–Kier alpha value is -2.41. The van der Waals surface area contributed by atoms with Crippen LogP contribution in [0.2, 0.25) is 0 Å². The average molecular weight is 410 g/mol. The van der Waals surface area contributed by atoms with E-state index in [1.165, 1.54) is 11.1 Å². The lowest BCUT2D eigenvalue weighted by Gasteiger charge is -2.26. The Labute approximate surface area is 178 Å². The molecule has 0 aliphatic carbocycles. The first-order valence-electron chi connectivity index (χ1n) is 10.8. The molecular formula is C24H31N3O3. The highest BCUT2D eigenvalue weighted by Crippen LogP contribution is 2.32. The van der Waals surface area contributed by atoms with Crippen LogP contribution in [0.25, 0.3) is 0 Å². The number of nitrogens with zero attached hydrogens (tertiary/aromatic N) is 2. The van der Waals surface area contributed by atoms with Gasteiger partial charge in [-0.3, -0.25) is 14.6 Å². The molecule has 1 N–H and O–H groups in total. The maximum Gasteiger partial charge on any atom is 0.238 e. The molecule has 0 radical (unpaired) electrons. The molecule has 4 rings (SSSR count). The van der Waals surface area contributed by atoms with E-state index >= 15 is 0 Å². The van der Waals surface area contributed by atoms with E-state index in [-0.39, 0.29) is 11.9 Å². The predicted octanol–water partition coefficient (Wildman–Crippen LogP) is 3.30. The second-order valence-electron chi connectivity index (χ2n) is 8.04. The van der Waals surface area contributed by atoms with Crippen LogP contribution < -0.4 is 10.1 Å². The molecule has 2 aromatic carbocycles. The van der Waals surface area contributed by atoms with Crippen molar-refractivity contribution in [3.05, 3.63) is 59.7 Å². The number of amides is 1. The summed E-state index contributed by atoms with van der Waals surface area (Å²) in [6, 6.07) is 16.7. The fourth-order valence-corrected chi connectivity index (χ4v) is 4.31. The molecule has 1 amide bonds. The van der Waals surface area contributed by atoms with Gasteiger partial charge in [0.25, 0.3) is 0 Å². The Morgan fingerprint density at radius 2 is 1.80 bits per heavy atom. The second-order valence-corrected chi connectivity index (χ2v) is 8.04. The summed E-state index contributed by atoms with van der Waals surface area (Å²) in [6.45, 7) is 5.85. The van der Waals surface area contributed by atoms with E-state index in [1.807, 2.05) is 24.3 Å². The van der Waals surface area contributed by atoms with Crippen LogP contribution in [-0.2, 0) is 16.1 Å². The molecule has 2 saturated heterocycles. The fraction of sp³-hybridized carbons (Fsp3) is 0.458. The first-order valence-corrected chi connectivity index (χ1v) is 10.8. The highest BCUT2D eigenvalue weighted by atomic mass is 16.5. The zero-order valence-electron chi connectivity index (χ0n) is 17.7. The van der Waals surface area contributed by atoms with Crippen LogP contribution in [0.3, 0.4) is 0 Å². The standard InChI is InChI=1S/C24H31N3O3/c1-29-22-10-6-20(7-11-22)23-3-2-12-27(23)18-24(28)25-21-8-4-19(5-9-21)17-26-13-15-30-16-14-26/h4-11,23H,2-3,12-18H2,1H3,(H,25,28). The van der Waals surface area contributed by atoms with Crippen LogP contribution >= 0.6 is 0 Å². The molecule has 0 bridgehead atoms. The van der Waals surface area contributed by atoms with Gasteiger partial charge in [0.1, 0.15) is 5.75 Å². The van der Waals surface area contributed by atoms with E-state index in [0.29, 0.717) is 6.54 Å². The molecule has 2 fully saturated rings. The monoisotopic (exact) mass is 409 g/mol. The lowest BCUT2D eigenvalue weighted by atomic mass is 10.0. The summed E-state index contributed by atoms with van der Waals surface area (Å²) >= 11 is 0. The lowest BCUT2D eigenvalue weighted by Crippen LogP contribution is -2.35. The van der Waals surface area contributed by atoms with Crippen molar-refractivity contribution in [3.8, 4) is 5.75 Å². The van der Waals surface area contributed by atoms with Crippen molar-refractivity contribution >= 4 is 11.6 Å². The number of methoxy groups -OCH3 is 1. The van der Waals surface area contributed by atoms with Gasteiger partial charge < -0.3 is 14.8 Å². The topological polar surface area (TPSA) is 54.0 Å². The van der Waals surface area contributed by atoms with Gasteiger partial charge in [0.15, 0.2) is 0 Å². The van der Waals surface area contributed by atoms with Gasteiger partial charge in [-0.15, -0.1) is 0 Å². The van der Waals surface area contributed by atoms with Crippen LogP contribution in [0.4, 0.5) is 5.69 Å². The predicted molar refractivity (Wildman–Crippen MR) is 118 cm³/mol. The molecule has 160 valence electrons. The third kappa shape index (κ3) is 5.39. The Morgan fingerprint density at radius 1 is 1.07 bits per heavy atom. The largest absolute Gasteiger partial charge is 0.497 e. The van der Waals surface area contributed by atoms with E-state index < -0.39 is 0 Å². The van der Waals surface area contributed by atoms with Crippen LogP contribution in [0.1, 0.15) is 30.0 Å². The molecule has 0 saturated carbocycles. The third-order valence-corrected chi connectivity index (χ3v) is 5.96. The summed E-state index contributed by atoms with van der Waals surface area (Å²) in [7, 11) is 1.68. The van der Waals surface area contributed by atoms with Crippen molar-refractivity contribution in [2.24, 2.45) is 0 Å². The molecule has 1 unspecified atom stereocenters. The summed E-state index contributed by atoms with van der Waals surface area (Å²) in [5.74, 6) is 0.898. The second kappa shape index (κ2) is 10.1. The van der Waals surface area contributed by atoms with Crippen molar-refractivity contribution in [2.75, 3.05) is 51.8 Å². The number of benzene rings is 2. The molecule has 2 aromatic rings. The summed E-state index contributed by atoms with van der Waals surface area (Å²) in [5, 5.41) is 3.06. The average Bonchev–Trinajstić information content (AvgIpc) is 3.24. The van der Waals surface area contributed by atoms with Crippen molar-refractivity contribution in [3.63, 3.8) is 0 Å². The number of anilines is 1. The fourth-order valence-electron chi connectivity index (χ4n) is 4.31. The van der Waals surface area contributed by atoms with E-state index in [0.717, 1.165) is 63.7 Å². The number of carbonyl (C=O) groups excluding carboxylic acids is 1. The van der Waals surface area contributed by atoms with Gasteiger partial charge in [0.2, 0.25) is 5.91 Å². The minimum absolute atomic E-state index is 0.0383. The van der Waals surface area contributed by atoms with Crippen LogP contribution in [0, 0.1) is 0 Å². The SMILES string of the molecule is COc1ccc(C2CCCN2CC(=O)Nc2ccc(CN3CCOCC3)cc2)cc1. The summed E-state index contributed by atoms with van der Waals surface area (Å²) in [4.78, 5) is 17.3. The number of likely N-dealkylation sites (tertiary alicyclic amines) is 1. The normalized spacial score (nSPS) is 20.2. The Kier molecular flexibility index (Phi) is 7.00. The first kappa shape index (κ1) is 20.8. The molecule has 0 spiro atoms. The van der Waals surface area contributed by atoms with E-state index in [9.17, 15) is 4.79 Å². The van der Waals surface area contributed by atoms with Gasteiger partial charge in [0, 0.05) is 31.4 Å². The van der Waals surface area contributed by atoms with Crippen molar-refractivity contribution in [2.45, 2.75) is 25.4 Å². The summed E-state index contributed by atoms with van der Waals surface area (Å²) in [6.07, 6.45) is 2.19. The first-order chi connectivity index (χ1) is 14.7. The zero-order valence-corrected chi connectivity index (χ0v) is 17.7. The third-order valence-electron chi connectivity index (χ3n) is 5.96. The molecular weight excluding hydrogens is 378 g/mol. The van der Waals surface area contributed by atoms with E-state index in [1.54, 1.807) is 7.11 Å². The molecule has 6 nitrogen and oxygen atoms in total.